The van der Waals surface area contributed by atoms with Gasteiger partial charge in [0.05, 0.1) is 10.7 Å². The van der Waals surface area contributed by atoms with Crippen molar-refractivity contribution in [2.45, 2.75) is 27.3 Å². The fraction of sp³-hybridized carbons (Fsp3) is 0.250. The van der Waals surface area contributed by atoms with Gasteiger partial charge in [0.15, 0.2) is 0 Å². The van der Waals surface area contributed by atoms with Crippen molar-refractivity contribution in [2.75, 3.05) is 5.32 Å². The van der Waals surface area contributed by atoms with Crippen molar-refractivity contribution in [3.8, 4) is 0 Å². The predicted octanol–water partition coefficient (Wildman–Crippen LogP) is 4.88. The van der Waals surface area contributed by atoms with Crippen LogP contribution in [0, 0.1) is 20.8 Å². The third kappa shape index (κ3) is 3.05. The van der Waals surface area contributed by atoms with Gasteiger partial charge in [-0.3, -0.25) is 0 Å². The maximum absolute atomic E-state index is 6.20. The molecule has 0 aliphatic rings. The van der Waals surface area contributed by atoms with Gasteiger partial charge < -0.3 is 5.32 Å². The van der Waals surface area contributed by atoms with Gasteiger partial charge in [-0.1, -0.05) is 41.4 Å². The average molecular weight is 260 g/mol. The zero-order valence-corrected chi connectivity index (χ0v) is 11.8. The van der Waals surface area contributed by atoms with Crippen LogP contribution in [-0.4, -0.2) is 0 Å². The van der Waals surface area contributed by atoms with E-state index in [4.69, 9.17) is 11.6 Å². The molecule has 0 amide bonds. The lowest BCUT2D eigenvalue weighted by atomic mass is 10.1. The Bertz CT molecular complexity index is 510. The Morgan fingerprint density at radius 1 is 0.944 bits per heavy atom. The summed E-state index contributed by atoms with van der Waals surface area (Å²) < 4.78 is 0. The van der Waals surface area contributed by atoms with Crippen LogP contribution < -0.4 is 5.32 Å². The summed E-state index contributed by atoms with van der Waals surface area (Å²) in [6, 6.07) is 12.6. The van der Waals surface area contributed by atoms with Crippen LogP contribution in [0.3, 0.4) is 0 Å². The lowest BCUT2D eigenvalue weighted by Gasteiger charge is -2.11. The topological polar surface area (TPSA) is 12.0 Å². The van der Waals surface area contributed by atoms with Gasteiger partial charge in [0.25, 0.3) is 0 Å². The molecule has 94 valence electrons. The molecule has 0 aliphatic carbocycles. The van der Waals surface area contributed by atoms with Gasteiger partial charge in [0.1, 0.15) is 0 Å². The monoisotopic (exact) mass is 259 g/mol. The molecular weight excluding hydrogens is 242 g/mol. The summed E-state index contributed by atoms with van der Waals surface area (Å²) in [6.45, 7) is 7.09. The summed E-state index contributed by atoms with van der Waals surface area (Å²) in [5, 5.41) is 4.16. The zero-order chi connectivity index (χ0) is 13.1. The highest BCUT2D eigenvalue weighted by Gasteiger charge is 2.02. The van der Waals surface area contributed by atoms with Gasteiger partial charge >= 0.3 is 0 Å². The van der Waals surface area contributed by atoms with Crippen LogP contribution in [0.2, 0.25) is 5.02 Å². The first-order valence-electron chi connectivity index (χ1n) is 6.12. The number of hydrogen-bond acceptors (Lipinski definition) is 1. The second kappa shape index (κ2) is 5.45. The third-order valence-electron chi connectivity index (χ3n) is 3.09. The number of anilines is 1. The minimum absolute atomic E-state index is 0.778. The highest BCUT2D eigenvalue weighted by molar-refractivity contribution is 6.33. The first-order chi connectivity index (χ1) is 8.56. The number of halogens is 1. The molecule has 0 spiro atoms. The molecule has 1 nitrogen and oxygen atoms in total. The van der Waals surface area contributed by atoms with Crippen LogP contribution in [0.15, 0.2) is 36.4 Å². The van der Waals surface area contributed by atoms with Crippen LogP contribution in [0.25, 0.3) is 0 Å². The molecular formula is C16H18ClN. The van der Waals surface area contributed by atoms with Crippen LogP contribution in [0.1, 0.15) is 22.3 Å². The summed E-state index contributed by atoms with van der Waals surface area (Å²) in [5.74, 6) is 0. The van der Waals surface area contributed by atoms with E-state index in [1.54, 1.807) is 0 Å². The standard InChI is InChI=1S/C16H18ClN/c1-11-4-6-14(13(3)8-11)10-18-16-7-5-12(2)9-15(16)17/h4-9,18H,10H2,1-3H3. The van der Waals surface area contributed by atoms with E-state index in [0.717, 1.165) is 17.3 Å². The summed E-state index contributed by atoms with van der Waals surface area (Å²) >= 11 is 6.20. The summed E-state index contributed by atoms with van der Waals surface area (Å²) in [6.07, 6.45) is 0. The molecule has 2 rings (SSSR count). The molecule has 2 heteroatoms. The molecule has 0 aliphatic heterocycles. The molecule has 0 unspecified atom stereocenters. The van der Waals surface area contributed by atoms with Gasteiger partial charge in [0, 0.05) is 6.54 Å². The van der Waals surface area contributed by atoms with Crippen LogP contribution >= 0.6 is 11.6 Å². The molecule has 0 atom stereocenters. The normalized spacial score (nSPS) is 10.4. The zero-order valence-electron chi connectivity index (χ0n) is 11.0. The Morgan fingerprint density at radius 2 is 1.61 bits per heavy atom. The van der Waals surface area contributed by atoms with E-state index in [1.807, 2.05) is 19.1 Å². The lowest BCUT2D eigenvalue weighted by molar-refractivity contribution is 1.11. The number of rotatable bonds is 3. The van der Waals surface area contributed by atoms with Gasteiger partial charge in [0.2, 0.25) is 0 Å². The Labute approximate surface area is 114 Å². The smallest absolute Gasteiger partial charge is 0.0640 e. The number of benzene rings is 2. The van der Waals surface area contributed by atoms with Crippen molar-refractivity contribution < 1.29 is 0 Å². The van der Waals surface area contributed by atoms with E-state index in [1.165, 1.54) is 22.3 Å². The second-order valence-corrected chi connectivity index (χ2v) is 5.17. The maximum Gasteiger partial charge on any atom is 0.0640 e. The fourth-order valence-electron chi connectivity index (χ4n) is 2.00. The minimum Gasteiger partial charge on any atom is -0.380 e. The van der Waals surface area contributed by atoms with Gasteiger partial charge in [-0.25, -0.2) is 0 Å². The Hall–Kier alpha value is -1.47. The van der Waals surface area contributed by atoms with Crippen molar-refractivity contribution in [2.24, 2.45) is 0 Å². The second-order valence-electron chi connectivity index (χ2n) is 4.77. The Morgan fingerprint density at radius 3 is 2.28 bits per heavy atom. The van der Waals surface area contributed by atoms with E-state index in [2.05, 4.69) is 43.4 Å². The molecule has 2 aromatic rings. The van der Waals surface area contributed by atoms with Crippen LogP contribution in [0.5, 0.6) is 0 Å². The molecule has 0 fully saturated rings. The van der Waals surface area contributed by atoms with E-state index in [0.29, 0.717) is 0 Å². The molecule has 0 heterocycles. The van der Waals surface area contributed by atoms with Crippen LogP contribution in [0.4, 0.5) is 5.69 Å². The highest BCUT2D eigenvalue weighted by atomic mass is 35.5. The number of aryl methyl sites for hydroxylation is 3. The molecule has 0 saturated heterocycles. The largest absolute Gasteiger partial charge is 0.380 e. The van der Waals surface area contributed by atoms with E-state index < -0.39 is 0 Å². The number of hydrogen-bond donors (Lipinski definition) is 1. The molecule has 0 bridgehead atoms. The quantitative estimate of drug-likeness (QED) is 0.829. The minimum atomic E-state index is 0.778. The fourth-order valence-corrected chi connectivity index (χ4v) is 2.30. The predicted molar refractivity (Wildman–Crippen MR) is 79.4 cm³/mol. The van der Waals surface area contributed by atoms with Crippen LogP contribution in [-0.2, 0) is 6.54 Å². The first-order valence-corrected chi connectivity index (χ1v) is 6.50. The van der Waals surface area contributed by atoms with Crippen molar-refractivity contribution in [3.63, 3.8) is 0 Å². The van der Waals surface area contributed by atoms with Crippen molar-refractivity contribution in [1.82, 2.24) is 0 Å². The first kappa shape index (κ1) is 13.0. The molecule has 2 aromatic carbocycles. The molecule has 0 aromatic heterocycles. The molecule has 0 saturated carbocycles. The molecule has 1 N–H and O–H groups in total. The van der Waals surface area contributed by atoms with Gasteiger partial charge in [-0.05, 0) is 49.6 Å². The van der Waals surface area contributed by atoms with E-state index >= 15 is 0 Å². The Balaban J connectivity index is 2.11. The summed E-state index contributed by atoms with van der Waals surface area (Å²) in [7, 11) is 0. The lowest BCUT2D eigenvalue weighted by Crippen LogP contribution is -2.02. The third-order valence-corrected chi connectivity index (χ3v) is 3.40. The number of nitrogens with one attached hydrogen (secondary N) is 1. The van der Waals surface area contributed by atoms with Gasteiger partial charge in [-0.15, -0.1) is 0 Å². The van der Waals surface area contributed by atoms with E-state index in [9.17, 15) is 0 Å². The average Bonchev–Trinajstić information content (AvgIpc) is 2.30. The highest BCUT2D eigenvalue weighted by Crippen LogP contribution is 2.23. The SMILES string of the molecule is Cc1ccc(CNc2ccc(C)cc2Cl)c(C)c1. The van der Waals surface area contributed by atoms with Crippen molar-refractivity contribution in [3.05, 3.63) is 63.7 Å². The van der Waals surface area contributed by atoms with Gasteiger partial charge in [-0.2, -0.15) is 0 Å². The molecule has 18 heavy (non-hydrogen) atoms. The van der Waals surface area contributed by atoms with Crippen molar-refractivity contribution in [1.29, 1.82) is 0 Å². The summed E-state index contributed by atoms with van der Waals surface area (Å²) in [4.78, 5) is 0. The Kier molecular flexibility index (Phi) is 3.93. The van der Waals surface area contributed by atoms with Crippen molar-refractivity contribution >= 4 is 17.3 Å². The maximum atomic E-state index is 6.20. The molecule has 0 radical (unpaired) electrons. The van der Waals surface area contributed by atoms with E-state index in [-0.39, 0.29) is 0 Å². The summed E-state index contributed by atoms with van der Waals surface area (Å²) in [5.41, 5.74) is 6.08.